The Balaban J connectivity index is 1.94. The van der Waals surface area contributed by atoms with E-state index in [1.807, 2.05) is 13.8 Å². The van der Waals surface area contributed by atoms with E-state index in [0.717, 1.165) is 32.2 Å². The maximum Gasteiger partial charge on any atom is 0.260 e. The zero-order valence-electron chi connectivity index (χ0n) is 17.7. The van der Waals surface area contributed by atoms with Crippen LogP contribution in [0.2, 0.25) is 0 Å². The Bertz CT molecular complexity index is 566. The van der Waals surface area contributed by atoms with E-state index in [0.29, 0.717) is 12.5 Å². The highest BCUT2D eigenvalue weighted by Gasteiger charge is 2.38. The van der Waals surface area contributed by atoms with Crippen molar-refractivity contribution in [3.05, 3.63) is 0 Å². The summed E-state index contributed by atoms with van der Waals surface area (Å²) in [6.07, 6.45) is 3.69. The molecule has 0 spiro atoms. The molecule has 2 aliphatic rings. The summed E-state index contributed by atoms with van der Waals surface area (Å²) in [7, 11) is 0. The van der Waals surface area contributed by atoms with E-state index in [4.69, 9.17) is 0 Å². The van der Waals surface area contributed by atoms with Gasteiger partial charge in [-0.1, -0.05) is 27.7 Å². The van der Waals surface area contributed by atoms with E-state index in [9.17, 15) is 19.5 Å². The van der Waals surface area contributed by atoms with Crippen LogP contribution in [-0.2, 0) is 14.4 Å². The van der Waals surface area contributed by atoms with E-state index in [2.05, 4.69) is 24.1 Å². The molecule has 3 amide bonds. The van der Waals surface area contributed by atoms with Gasteiger partial charge in [0.05, 0.1) is 31.8 Å². The van der Waals surface area contributed by atoms with Crippen molar-refractivity contribution in [3.63, 3.8) is 0 Å². The van der Waals surface area contributed by atoms with Crippen molar-refractivity contribution in [1.82, 2.24) is 20.2 Å². The fraction of sp³-hybridized carbons (Fsp3) is 0.850. The molecule has 0 aromatic rings. The Hall–Kier alpha value is -1.67. The second kappa shape index (κ2) is 10.2. The van der Waals surface area contributed by atoms with Gasteiger partial charge in [0.1, 0.15) is 0 Å². The summed E-state index contributed by atoms with van der Waals surface area (Å²) >= 11 is 0. The number of aliphatic hydroxyl groups excluding tert-OH is 1. The second-order valence-corrected chi connectivity index (χ2v) is 7.94. The molecule has 160 valence electrons. The van der Waals surface area contributed by atoms with E-state index < -0.39 is 6.10 Å². The molecule has 28 heavy (non-hydrogen) atoms. The van der Waals surface area contributed by atoms with Crippen molar-refractivity contribution >= 4 is 17.7 Å². The lowest BCUT2D eigenvalue weighted by atomic mass is 10.1. The van der Waals surface area contributed by atoms with Gasteiger partial charge in [-0.15, -0.1) is 0 Å². The fourth-order valence-corrected chi connectivity index (χ4v) is 4.17. The molecular formula is C20H36N4O4. The number of hydrogen-bond acceptors (Lipinski definition) is 5. The van der Waals surface area contributed by atoms with Crippen molar-refractivity contribution < 1.29 is 19.5 Å². The molecule has 3 atom stereocenters. The summed E-state index contributed by atoms with van der Waals surface area (Å²) in [4.78, 5) is 40.1. The highest BCUT2D eigenvalue weighted by atomic mass is 16.3. The number of carbonyl (C=O) groups excluding carboxylic acids is 3. The molecule has 2 heterocycles. The van der Waals surface area contributed by atoms with Crippen LogP contribution in [-0.4, -0.2) is 82.1 Å². The SMILES string of the molecule is CCC(C)C(=O)N1CC(O)CN1C(=O)CNC(=O)C1CCCN1C(CC)CC. The Kier molecular flexibility index (Phi) is 8.24. The van der Waals surface area contributed by atoms with Gasteiger partial charge in [0, 0.05) is 12.0 Å². The van der Waals surface area contributed by atoms with Crippen LogP contribution in [0.25, 0.3) is 0 Å². The third-order valence-corrected chi connectivity index (χ3v) is 6.06. The highest BCUT2D eigenvalue weighted by Crippen LogP contribution is 2.23. The molecule has 2 rings (SSSR count). The number of nitrogens with one attached hydrogen (secondary N) is 1. The van der Waals surface area contributed by atoms with Crippen LogP contribution in [0.3, 0.4) is 0 Å². The van der Waals surface area contributed by atoms with Crippen LogP contribution in [0.15, 0.2) is 0 Å². The highest BCUT2D eigenvalue weighted by molar-refractivity contribution is 5.89. The Morgan fingerprint density at radius 1 is 1.07 bits per heavy atom. The predicted octanol–water partition coefficient (Wildman–Crippen LogP) is 0.748. The monoisotopic (exact) mass is 396 g/mol. The maximum absolute atomic E-state index is 12.7. The van der Waals surface area contributed by atoms with Crippen molar-refractivity contribution in [2.45, 2.75) is 78.0 Å². The average molecular weight is 397 g/mol. The number of hydrogen-bond donors (Lipinski definition) is 2. The topological polar surface area (TPSA) is 93.2 Å². The zero-order chi connectivity index (χ0) is 20.8. The number of rotatable bonds is 8. The Labute approximate surface area is 168 Å². The first-order valence-electron chi connectivity index (χ1n) is 10.7. The summed E-state index contributed by atoms with van der Waals surface area (Å²) < 4.78 is 0. The maximum atomic E-state index is 12.7. The molecule has 0 bridgehead atoms. The molecule has 0 aromatic carbocycles. The number of aliphatic hydroxyl groups is 1. The molecule has 2 N–H and O–H groups in total. The van der Waals surface area contributed by atoms with Crippen molar-refractivity contribution in [3.8, 4) is 0 Å². The first kappa shape index (κ1) is 22.6. The minimum atomic E-state index is -0.757. The molecule has 3 unspecified atom stereocenters. The van der Waals surface area contributed by atoms with Crippen LogP contribution < -0.4 is 5.32 Å². The molecule has 2 saturated heterocycles. The lowest BCUT2D eigenvalue weighted by molar-refractivity contribution is -0.160. The standard InChI is InChI=1S/C20H36N4O4/c1-5-14(4)20(28)24-13-16(25)12-23(24)18(26)11-21-19(27)17-9-8-10-22(17)15(6-2)7-3/h14-17,25H,5-13H2,1-4H3,(H,21,27). The predicted molar refractivity (Wildman–Crippen MR) is 106 cm³/mol. The largest absolute Gasteiger partial charge is 0.389 e. The average Bonchev–Trinajstić information content (AvgIpc) is 3.32. The quantitative estimate of drug-likeness (QED) is 0.632. The summed E-state index contributed by atoms with van der Waals surface area (Å²) in [5.41, 5.74) is 0. The zero-order valence-corrected chi connectivity index (χ0v) is 17.7. The molecule has 0 aromatic heterocycles. The van der Waals surface area contributed by atoms with Gasteiger partial charge in [-0.05, 0) is 38.6 Å². The number of hydrazine groups is 1. The third kappa shape index (κ3) is 5.03. The molecule has 0 radical (unpaired) electrons. The van der Waals surface area contributed by atoms with Crippen LogP contribution in [0.1, 0.15) is 59.8 Å². The first-order valence-corrected chi connectivity index (χ1v) is 10.7. The van der Waals surface area contributed by atoms with E-state index >= 15 is 0 Å². The number of likely N-dealkylation sites (tertiary alicyclic amines) is 1. The Morgan fingerprint density at radius 2 is 1.71 bits per heavy atom. The van der Waals surface area contributed by atoms with E-state index in [1.54, 1.807) is 0 Å². The summed E-state index contributed by atoms with van der Waals surface area (Å²) in [6.45, 7) is 8.93. The molecule has 2 aliphatic heterocycles. The minimum absolute atomic E-state index is 0.0835. The fourth-order valence-electron chi connectivity index (χ4n) is 4.17. The normalized spacial score (nSPS) is 24.1. The molecular weight excluding hydrogens is 360 g/mol. The molecule has 8 heteroatoms. The van der Waals surface area contributed by atoms with Crippen LogP contribution in [0, 0.1) is 5.92 Å². The summed E-state index contributed by atoms with van der Waals surface area (Å²) in [6, 6.07) is 0.186. The van der Waals surface area contributed by atoms with Gasteiger partial charge in [0.15, 0.2) is 0 Å². The summed E-state index contributed by atoms with van der Waals surface area (Å²) in [5.74, 6) is -0.886. The van der Waals surface area contributed by atoms with Gasteiger partial charge in [-0.25, -0.2) is 10.0 Å². The smallest absolute Gasteiger partial charge is 0.260 e. The first-order chi connectivity index (χ1) is 13.3. The van der Waals surface area contributed by atoms with Gasteiger partial charge >= 0.3 is 0 Å². The van der Waals surface area contributed by atoms with Crippen molar-refractivity contribution in [2.24, 2.45) is 5.92 Å². The van der Waals surface area contributed by atoms with Gasteiger partial charge in [0.25, 0.3) is 5.91 Å². The van der Waals surface area contributed by atoms with Crippen LogP contribution in [0.5, 0.6) is 0 Å². The van der Waals surface area contributed by atoms with Crippen LogP contribution >= 0.6 is 0 Å². The van der Waals surface area contributed by atoms with Crippen molar-refractivity contribution in [1.29, 1.82) is 0 Å². The summed E-state index contributed by atoms with van der Waals surface area (Å²) in [5, 5.41) is 15.3. The van der Waals surface area contributed by atoms with Gasteiger partial charge in [0.2, 0.25) is 11.8 Å². The van der Waals surface area contributed by atoms with Crippen molar-refractivity contribution in [2.75, 3.05) is 26.2 Å². The lowest BCUT2D eigenvalue weighted by Gasteiger charge is -2.32. The van der Waals surface area contributed by atoms with Crippen LogP contribution in [0.4, 0.5) is 0 Å². The molecule has 0 saturated carbocycles. The lowest BCUT2D eigenvalue weighted by Crippen LogP contribution is -2.52. The van der Waals surface area contributed by atoms with Gasteiger partial charge in [-0.3, -0.25) is 19.3 Å². The van der Waals surface area contributed by atoms with E-state index in [1.165, 1.54) is 10.0 Å². The Morgan fingerprint density at radius 3 is 2.32 bits per heavy atom. The van der Waals surface area contributed by atoms with Gasteiger partial charge < -0.3 is 10.4 Å². The number of nitrogens with zero attached hydrogens (tertiary/aromatic N) is 3. The number of amides is 3. The number of carbonyl (C=O) groups is 3. The second-order valence-electron chi connectivity index (χ2n) is 7.94. The van der Waals surface area contributed by atoms with Gasteiger partial charge in [-0.2, -0.15) is 0 Å². The molecule has 0 aliphatic carbocycles. The third-order valence-electron chi connectivity index (χ3n) is 6.06. The molecule has 8 nitrogen and oxygen atoms in total. The van der Waals surface area contributed by atoms with E-state index in [-0.39, 0.29) is 49.3 Å². The minimum Gasteiger partial charge on any atom is -0.389 e. The number of β-amino-alcohol motifs (C(OH)–C–C–N with tert-alkyl or cyclic N) is 1. The molecule has 2 fully saturated rings.